The summed E-state index contributed by atoms with van der Waals surface area (Å²) in [5.41, 5.74) is 3.56. The highest BCUT2D eigenvalue weighted by molar-refractivity contribution is 5.94. The van der Waals surface area contributed by atoms with Gasteiger partial charge in [-0.3, -0.25) is 14.5 Å². The molecule has 0 radical (unpaired) electrons. The fraction of sp³-hybridized carbons (Fsp3) is 0.593. The van der Waals surface area contributed by atoms with Crippen molar-refractivity contribution in [1.82, 2.24) is 20.0 Å². The molecule has 3 aliphatic rings. The second kappa shape index (κ2) is 10.4. The van der Waals surface area contributed by atoms with Crippen LogP contribution in [0, 0.1) is 11.7 Å². The minimum atomic E-state index is -0.478. The standard InChI is InChI=1S/C27H35FN4O2/c28-24-10-9-20(18-25-21-7-3-4-8-22(21)26(33)30-29-25)17-23(24)27(34)32-15-13-31(14-16-32)12-11-19-5-1-2-6-19/h9-10,17,19H,1-8,11-16,18H2,(H,30,33). The third kappa shape index (κ3) is 5.09. The van der Waals surface area contributed by atoms with Gasteiger partial charge in [-0.1, -0.05) is 31.7 Å². The van der Waals surface area contributed by atoms with Gasteiger partial charge in [0.1, 0.15) is 5.82 Å². The van der Waals surface area contributed by atoms with E-state index < -0.39 is 5.82 Å². The molecule has 1 aromatic carbocycles. The second-order valence-electron chi connectivity index (χ2n) is 10.2. The number of nitrogens with one attached hydrogen (secondary N) is 1. The van der Waals surface area contributed by atoms with Gasteiger partial charge in [-0.05, 0) is 67.8 Å². The van der Waals surface area contributed by atoms with Crippen LogP contribution in [0.2, 0.25) is 0 Å². The van der Waals surface area contributed by atoms with E-state index in [2.05, 4.69) is 15.1 Å². The van der Waals surface area contributed by atoms with Gasteiger partial charge < -0.3 is 4.90 Å². The number of carbonyl (C=O) groups excluding carboxylic acids is 1. The number of H-pyrrole nitrogens is 1. The second-order valence-corrected chi connectivity index (χ2v) is 10.2. The molecule has 7 heteroatoms. The van der Waals surface area contributed by atoms with Crippen molar-refractivity contribution in [2.24, 2.45) is 5.92 Å². The van der Waals surface area contributed by atoms with Crippen LogP contribution in [0.25, 0.3) is 0 Å². The van der Waals surface area contributed by atoms with Gasteiger partial charge in [0, 0.05) is 38.2 Å². The van der Waals surface area contributed by atoms with Crippen molar-refractivity contribution in [1.29, 1.82) is 0 Å². The number of nitrogens with zero attached hydrogens (tertiary/aromatic N) is 3. The Labute approximate surface area is 200 Å². The molecule has 1 N–H and O–H groups in total. The summed E-state index contributed by atoms with van der Waals surface area (Å²) in [6, 6.07) is 4.78. The third-order valence-corrected chi connectivity index (χ3v) is 8.00. The molecule has 0 spiro atoms. The first kappa shape index (κ1) is 23.2. The largest absolute Gasteiger partial charge is 0.336 e. The normalized spacial score (nSPS) is 19.4. The van der Waals surface area contributed by atoms with Crippen LogP contribution in [-0.4, -0.2) is 58.6 Å². The Hall–Kier alpha value is -2.54. The van der Waals surface area contributed by atoms with Crippen LogP contribution in [0.3, 0.4) is 0 Å². The van der Waals surface area contributed by atoms with E-state index in [0.717, 1.165) is 73.6 Å². The number of halogens is 1. The van der Waals surface area contributed by atoms with Crippen LogP contribution in [0.5, 0.6) is 0 Å². The predicted octanol–water partition coefficient (Wildman–Crippen LogP) is 3.72. The van der Waals surface area contributed by atoms with Crippen LogP contribution < -0.4 is 5.56 Å². The summed E-state index contributed by atoms with van der Waals surface area (Å²) in [4.78, 5) is 29.6. The number of piperazine rings is 1. The number of rotatable bonds is 6. The van der Waals surface area contributed by atoms with Crippen LogP contribution in [-0.2, 0) is 19.3 Å². The molecule has 0 atom stereocenters. The molecule has 2 heterocycles. The Morgan fingerprint density at radius 2 is 1.76 bits per heavy atom. The Kier molecular flexibility index (Phi) is 7.09. The van der Waals surface area contributed by atoms with Crippen molar-refractivity contribution in [3.8, 4) is 0 Å². The van der Waals surface area contributed by atoms with Crippen molar-refractivity contribution >= 4 is 5.91 Å². The molecule has 1 aromatic heterocycles. The molecule has 2 fully saturated rings. The van der Waals surface area contributed by atoms with E-state index in [0.29, 0.717) is 19.5 Å². The number of hydrogen-bond donors (Lipinski definition) is 1. The molecule has 2 aromatic rings. The van der Waals surface area contributed by atoms with Crippen LogP contribution >= 0.6 is 0 Å². The number of carbonyl (C=O) groups is 1. The predicted molar refractivity (Wildman–Crippen MR) is 130 cm³/mol. The maximum Gasteiger partial charge on any atom is 0.267 e. The smallest absolute Gasteiger partial charge is 0.267 e. The zero-order valence-electron chi connectivity index (χ0n) is 20.0. The van der Waals surface area contributed by atoms with E-state index in [-0.39, 0.29) is 17.0 Å². The average molecular weight is 467 g/mol. The van der Waals surface area contributed by atoms with E-state index in [1.165, 1.54) is 38.2 Å². The summed E-state index contributed by atoms with van der Waals surface area (Å²) in [6.07, 6.45) is 10.9. The molecule has 0 bridgehead atoms. The molecular weight excluding hydrogens is 431 g/mol. The van der Waals surface area contributed by atoms with Gasteiger partial charge in [0.05, 0.1) is 11.3 Å². The molecule has 5 rings (SSSR count). The number of fused-ring (bicyclic) bond motifs is 1. The first-order valence-corrected chi connectivity index (χ1v) is 13.0. The molecule has 182 valence electrons. The average Bonchev–Trinajstić information content (AvgIpc) is 3.39. The Bertz CT molecular complexity index is 1080. The number of amides is 1. The van der Waals surface area contributed by atoms with Crippen molar-refractivity contribution in [3.63, 3.8) is 0 Å². The summed E-state index contributed by atoms with van der Waals surface area (Å²) < 4.78 is 14.7. The Morgan fingerprint density at radius 3 is 2.53 bits per heavy atom. The van der Waals surface area contributed by atoms with Gasteiger partial charge in [-0.2, -0.15) is 5.10 Å². The van der Waals surface area contributed by atoms with Crippen LogP contribution in [0.1, 0.15) is 77.7 Å². The van der Waals surface area contributed by atoms with Gasteiger partial charge in [-0.25, -0.2) is 9.49 Å². The fourth-order valence-electron chi connectivity index (χ4n) is 5.92. The zero-order valence-corrected chi connectivity index (χ0v) is 20.0. The fourth-order valence-corrected chi connectivity index (χ4v) is 5.92. The lowest BCUT2D eigenvalue weighted by Gasteiger charge is -2.35. The summed E-state index contributed by atoms with van der Waals surface area (Å²) >= 11 is 0. The molecule has 1 saturated heterocycles. The maximum atomic E-state index is 14.7. The first-order chi connectivity index (χ1) is 16.6. The van der Waals surface area contributed by atoms with E-state index in [4.69, 9.17) is 0 Å². The minimum Gasteiger partial charge on any atom is -0.336 e. The Balaban J connectivity index is 1.24. The van der Waals surface area contributed by atoms with Crippen molar-refractivity contribution in [2.45, 2.75) is 64.2 Å². The highest BCUT2D eigenvalue weighted by Gasteiger charge is 2.26. The molecule has 34 heavy (non-hydrogen) atoms. The number of aromatic nitrogens is 2. The lowest BCUT2D eigenvalue weighted by molar-refractivity contribution is 0.0626. The summed E-state index contributed by atoms with van der Waals surface area (Å²) in [6.45, 7) is 4.09. The maximum absolute atomic E-state index is 14.7. The third-order valence-electron chi connectivity index (χ3n) is 8.00. The monoisotopic (exact) mass is 466 g/mol. The SMILES string of the molecule is O=C(c1cc(Cc2n[nH]c(=O)c3c2CCCC3)ccc1F)N1CCN(CCC2CCCC2)CC1. The molecule has 2 aliphatic carbocycles. The van der Waals surface area contributed by atoms with Crippen LogP contribution in [0.15, 0.2) is 23.0 Å². The molecule has 0 unspecified atom stereocenters. The summed E-state index contributed by atoms with van der Waals surface area (Å²) in [5, 5.41) is 6.92. The molecule has 1 amide bonds. The van der Waals surface area contributed by atoms with Gasteiger partial charge in [0.25, 0.3) is 11.5 Å². The van der Waals surface area contributed by atoms with E-state index >= 15 is 0 Å². The van der Waals surface area contributed by atoms with Crippen molar-refractivity contribution < 1.29 is 9.18 Å². The Morgan fingerprint density at radius 1 is 1.03 bits per heavy atom. The minimum absolute atomic E-state index is 0.101. The van der Waals surface area contributed by atoms with E-state index in [1.807, 2.05) is 0 Å². The van der Waals surface area contributed by atoms with Crippen molar-refractivity contribution in [2.75, 3.05) is 32.7 Å². The van der Waals surface area contributed by atoms with E-state index in [1.54, 1.807) is 17.0 Å². The number of aromatic amines is 1. The molecule has 1 saturated carbocycles. The molecule has 1 aliphatic heterocycles. The quantitative estimate of drug-likeness (QED) is 0.705. The lowest BCUT2D eigenvalue weighted by atomic mass is 9.90. The van der Waals surface area contributed by atoms with Gasteiger partial charge in [0.2, 0.25) is 0 Å². The summed E-state index contributed by atoms with van der Waals surface area (Å²) in [7, 11) is 0. The number of benzene rings is 1. The van der Waals surface area contributed by atoms with Crippen LogP contribution in [0.4, 0.5) is 4.39 Å². The first-order valence-electron chi connectivity index (χ1n) is 13.0. The van der Waals surface area contributed by atoms with Gasteiger partial charge in [0.15, 0.2) is 0 Å². The topological polar surface area (TPSA) is 69.3 Å². The molecular formula is C27H35FN4O2. The van der Waals surface area contributed by atoms with Gasteiger partial charge in [-0.15, -0.1) is 0 Å². The summed E-state index contributed by atoms with van der Waals surface area (Å²) in [5.74, 6) is 0.166. The zero-order chi connectivity index (χ0) is 23.5. The highest BCUT2D eigenvalue weighted by Crippen LogP contribution is 2.28. The van der Waals surface area contributed by atoms with Crippen molar-refractivity contribution in [3.05, 3.63) is 62.3 Å². The lowest BCUT2D eigenvalue weighted by Crippen LogP contribution is -2.49. The molecule has 6 nitrogen and oxygen atoms in total. The van der Waals surface area contributed by atoms with Gasteiger partial charge >= 0.3 is 0 Å². The van der Waals surface area contributed by atoms with E-state index in [9.17, 15) is 14.0 Å². The number of hydrogen-bond acceptors (Lipinski definition) is 4. The highest BCUT2D eigenvalue weighted by atomic mass is 19.1.